The molecule has 1 unspecified atom stereocenters. The molecular weight excluding hydrogens is 352 g/mol. The summed E-state index contributed by atoms with van der Waals surface area (Å²) in [5, 5.41) is 3.40. The Kier molecular flexibility index (Phi) is 5.78. The van der Waals surface area contributed by atoms with Crippen LogP contribution in [0.2, 0.25) is 5.02 Å². The maximum absolute atomic E-state index is 12.3. The molecule has 1 heterocycles. The lowest BCUT2D eigenvalue weighted by Crippen LogP contribution is -2.30. The number of hydrogen-bond acceptors (Lipinski definition) is 3. The first-order valence-electron chi connectivity index (χ1n) is 8.65. The van der Waals surface area contributed by atoms with Gasteiger partial charge in [-0.1, -0.05) is 11.6 Å². The van der Waals surface area contributed by atoms with Crippen molar-refractivity contribution in [1.29, 1.82) is 0 Å². The van der Waals surface area contributed by atoms with E-state index in [2.05, 4.69) is 5.32 Å². The van der Waals surface area contributed by atoms with E-state index in [-0.39, 0.29) is 11.8 Å². The fourth-order valence-electron chi connectivity index (χ4n) is 2.81. The summed E-state index contributed by atoms with van der Waals surface area (Å²) in [6.45, 7) is 3.31. The van der Waals surface area contributed by atoms with Crippen LogP contribution in [0.25, 0.3) is 0 Å². The summed E-state index contributed by atoms with van der Waals surface area (Å²) in [5.41, 5.74) is 1.26. The van der Waals surface area contributed by atoms with E-state index in [0.29, 0.717) is 22.0 Å². The van der Waals surface area contributed by atoms with Crippen molar-refractivity contribution in [1.82, 2.24) is 4.90 Å². The minimum absolute atomic E-state index is 0.0415. The smallest absolute Gasteiger partial charge is 0.265 e. The van der Waals surface area contributed by atoms with E-state index in [0.717, 1.165) is 25.9 Å². The molecule has 136 valence electrons. The van der Waals surface area contributed by atoms with Crippen LogP contribution in [0.15, 0.2) is 48.5 Å². The maximum atomic E-state index is 12.3. The zero-order valence-electron chi connectivity index (χ0n) is 14.6. The van der Waals surface area contributed by atoms with E-state index in [1.54, 1.807) is 55.5 Å². The lowest BCUT2D eigenvalue weighted by atomic mass is 10.2. The number of hydrogen-bond donors (Lipinski definition) is 1. The zero-order chi connectivity index (χ0) is 18.5. The Morgan fingerprint density at radius 1 is 1.04 bits per heavy atom. The molecule has 5 nitrogen and oxygen atoms in total. The highest BCUT2D eigenvalue weighted by atomic mass is 35.5. The summed E-state index contributed by atoms with van der Waals surface area (Å²) in [7, 11) is 0. The first-order chi connectivity index (χ1) is 12.5. The Balaban J connectivity index is 1.56. The predicted molar refractivity (Wildman–Crippen MR) is 102 cm³/mol. The van der Waals surface area contributed by atoms with Crippen LogP contribution >= 0.6 is 11.6 Å². The Morgan fingerprint density at radius 3 is 2.27 bits per heavy atom. The van der Waals surface area contributed by atoms with Crippen molar-refractivity contribution >= 4 is 29.1 Å². The molecule has 1 atom stereocenters. The molecule has 0 radical (unpaired) electrons. The third-order valence-corrected chi connectivity index (χ3v) is 4.54. The molecule has 26 heavy (non-hydrogen) atoms. The average Bonchev–Trinajstić information content (AvgIpc) is 3.18. The van der Waals surface area contributed by atoms with Crippen LogP contribution in [0, 0.1) is 0 Å². The minimum atomic E-state index is -0.665. The van der Waals surface area contributed by atoms with Crippen molar-refractivity contribution in [3.63, 3.8) is 0 Å². The summed E-state index contributed by atoms with van der Waals surface area (Å²) in [5.74, 6) is 0.349. The first kappa shape index (κ1) is 18.3. The summed E-state index contributed by atoms with van der Waals surface area (Å²) in [4.78, 5) is 26.5. The van der Waals surface area contributed by atoms with Gasteiger partial charge in [-0.05, 0) is 68.3 Å². The number of carbonyl (C=O) groups is 2. The lowest BCUT2D eigenvalue weighted by molar-refractivity contribution is -0.122. The normalized spacial score (nSPS) is 14.8. The summed E-state index contributed by atoms with van der Waals surface area (Å²) < 4.78 is 5.60. The van der Waals surface area contributed by atoms with Gasteiger partial charge in [-0.15, -0.1) is 0 Å². The molecule has 3 rings (SSSR count). The molecule has 1 aliphatic heterocycles. The van der Waals surface area contributed by atoms with E-state index >= 15 is 0 Å². The van der Waals surface area contributed by atoms with Gasteiger partial charge in [-0.3, -0.25) is 9.59 Å². The SMILES string of the molecule is CC(Oc1ccc(Cl)cc1)C(=O)Nc1ccc(C(=O)N2CCCC2)cc1. The molecule has 0 saturated carbocycles. The van der Waals surface area contributed by atoms with Crippen LogP contribution in [0.4, 0.5) is 5.69 Å². The molecule has 2 aromatic rings. The number of amides is 2. The van der Waals surface area contributed by atoms with E-state index in [1.807, 2.05) is 4.90 Å². The number of anilines is 1. The van der Waals surface area contributed by atoms with Gasteiger partial charge in [0.25, 0.3) is 11.8 Å². The Morgan fingerprint density at radius 2 is 1.65 bits per heavy atom. The second kappa shape index (κ2) is 8.23. The van der Waals surface area contributed by atoms with Crippen molar-refractivity contribution in [2.75, 3.05) is 18.4 Å². The molecule has 0 aliphatic carbocycles. The number of carbonyl (C=O) groups excluding carboxylic acids is 2. The minimum Gasteiger partial charge on any atom is -0.481 e. The molecule has 1 aliphatic rings. The first-order valence-corrected chi connectivity index (χ1v) is 9.03. The highest BCUT2D eigenvalue weighted by molar-refractivity contribution is 6.30. The summed E-state index contributed by atoms with van der Waals surface area (Å²) >= 11 is 5.83. The van der Waals surface area contributed by atoms with E-state index in [1.165, 1.54) is 0 Å². The highest BCUT2D eigenvalue weighted by Crippen LogP contribution is 2.18. The van der Waals surface area contributed by atoms with Gasteiger partial charge in [0.1, 0.15) is 5.75 Å². The lowest BCUT2D eigenvalue weighted by Gasteiger charge is -2.16. The fraction of sp³-hybridized carbons (Fsp3) is 0.300. The molecular formula is C20H21ClN2O3. The molecule has 0 aromatic heterocycles. The second-order valence-electron chi connectivity index (χ2n) is 6.28. The van der Waals surface area contributed by atoms with E-state index in [9.17, 15) is 9.59 Å². The van der Waals surface area contributed by atoms with Gasteiger partial charge < -0.3 is 15.0 Å². The van der Waals surface area contributed by atoms with Gasteiger partial charge in [-0.25, -0.2) is 0 Å². The van der Waals surface area contributed by atoms with Crippen LogP contribution in [0.3, 0.4) is 0 Å². The van der Waals surface area contributed by atoms with Gasteiger partial charge in [0.05, 0.1) is 0 Å². The molecule has 0 spiro atoms. The predicted octanol–water partition coefficient (Wildman–Crippen LogP) is 3.98. The van der Waals surface area contributed by atoms with Crippen LogP contribution < -0.4 is 10.1 Å². The second-order valence-corrected chi connectivity index (χ2v) is 6.72. The molecule has 1 saturated heterocycles. The number of ether oxygens (including phenoxy) is 1. The van der Waals surface area contributed by atoms with Crippen molar-refractivity contribution < 1.29 is 14.3 Å². The maximum Gasteiger partial charge on any atom is 0.265 e. The quantitative estimate of drug-likeness (QED) is 0.863. The number of rotatable bonds is 5. The third kappa shape index (κ3) is 4.55. The number of benzene rings is 2. The Labute approximate surface area is 157 Å². The number of nitrogens with zero attached hydrogens (tertiary/aromatic N) is 1. The highest BCUT2D eigenvalue weighted by Gasteiger charge is 2.20. The van der Waals surface area contributed by atoms with Crippen molar-refractivity contribution in [2.45, 2.75) is 25.9 Å². The van der Waals surface area contributed by atoms with E-state index < -0.39 is 6.10 Å². The fourth-order valence-corrected chi connectivity index (χ4v) is 2.94. The molecule has 0 bridgehead atoms. The molecule has 2 aromatic carbocycles. The summed E-state index contributed by atoms with van der Waals surface area (Å²) in [6.07, 6.45) is 1.46. The summed E-state index contributed by atoms with van der Waals surface area (Å²) in [6, 6.07) is 13.8. The zero-order valence-corrected chi connectivity index (χ0v) is 15.3. The van der Waals surface area contributed by atoms with Crippen molar-refractivity contribution in [3.8, 4) is 5.75 Å². The van der Waals surface area contributed by atoms with Crippen LogP contribution in [0.5, 0.6) is 5.75 Å². The van der Waals surface area contributed by atoms with Gasteiger partial charge >= 0.3 is 0 Å². The van der Waals surface area contributed by atoms with Crippen LogP contribution in [-0.4, -0.2) is 35.9 Å². The van der Waals surface area contributed by atoms with Crippen LogP contribution in [0.1, 0.15) is 30.1 Å². The van der Waals surface area contributed by atoms with Crippen molar-refractivity contribution in [3.05, 3.63) is 59.1 Å². The average molecular weight is 373 g/mol. The van der Waals surface area contributed by atoms with Gasteiger partial charge in [-0.2, -0.15) is 0 Å². The molecule has 6 heteroatoms. The Bertz CT molecular complexity index is 769. The molecule has 1 fully saturated rings. The number of halogens is 1. The number of nitrogens with one attached hydrogen (secondary N) is 1. The largest absolute Gasteiger partial charge is 0.481 e. The molecule has 2 amide bonds. The topological polar surface area (TPSA) is 58.6 Å². The Hall–Kier alpha value is -2.53. The molecule has 1 N–H and O–H groups in total. The van der Waals surface area contributed by atoms with Gasteiger partial charge in [0, 0.05) is 29.4 Å². The van der Waals surface area contributed by atoms with Gasteiger partial charge in [0.15, 0.2) is 6.10 Å². The van der Waals surface area contributed by atoms with Gasteiger partial charge in [0.2, 0.25) is 0 Å². The van der Waals surface area contributed by atoms with Crippen LogP contribution in [-0.2, 0) is 4.79 Å². The monoisotopic (exact) mass is 372 g/mol. The van der Waals surface area contributed by atoms with E-state index in [4.69, 9.17) is 16.3 Å². The third-order valence-electron chi connectivity index (χ3n) is 4.29. The number of likely N-dealkylation sites (tertiary alicyclic amines) is 1. The van der Waals surface area contributed by atoms with Crippen molar-refractivity contribution in [2.24, 2.45) is 0 Å². The standard InChI is InChI=1S/C20H21ClN2O3/c1-14(26-18-10-6-16(21)7-11-18)19(24)22-17-8-4-15(5-9-17)20(25)23-12-2-3-13-23/h4-11,14H,2-3,12-13H2,1H3,(H,22,24).